The van der Waals surface area contributed by atoms with Crippen molar-refractivity contribution in [3.63, 3.8) is 0 Å². The zero-order valence-corrected chi connectivity index (χ0v) is 28.3. The summed E-state index contributed by atoms with van der Waals surface area (Å²) in [5.41, 5.74) is 0.801. The summed E-state index contributed by atoms with van der Waals surface area (Å²) in [7, 11) is 0. The van der Waals surface area contributed by atoms with Crippen molar-refractivity contribution in [1.82, 2.24) is 10.6 Å². The van der Waals surface area contributed by atoms with Gasteiger partial charge in [0, 0.05) is 18.8 Å². The Kier molecular flexibility index (Phi) is 14.4. The fourth-order valence-corrected chi connectivity index (χ4v) is 5.42. The Morgan fingerprint density at radius 1 is 0.787 bits per heavy atom. The minimum Gasteiger partial charge on any atom is -0.462 e. The molecule has 3 atom stereocenters. The normalized spacial score (nSPS) is 15.5. The number of ether oxygens (including phenoxy) is 3. The topological polar surface area (TPSA) is 137 Å². The predicted octanol–water partition coefficient (Wildman–Crippen LogP) is 5.85. The zero-order valence-electron chi connectivity index (χ0n) is 28.3. The molecule has 1 fully saturated rings. The van der Waals surface area contributed by atoms with E-state index in [0.29, 0.717) is 0 Å². The number of amides is 2. The largest absolute Gasteiger partial charge is 0.462 e. The van der Waals surface area contributed by atoms with Crippen LogP contribution in [0, 0.1) is 11.8 Å². The molecule has 0 aliphatic heterocycles. The summed E-state index contributed by atoms with van der Waals surface area (Å²) in [5.74, 6) is -3.40. The molecular formula is C37H50N2O8. The van der Waals surface area contributed by atoms with Gasteiger partial charge in [-0.05, 0) is 63.5 Å². The molecular weight excluding hydrogens is 600 g/mol. The summed E-state index contributed by atoms with van der Waals surface area (Å²) in [6.45, 7) is 8.71. The number of Topliss-reactive ketones (excluding diaryl/α,β-unsaturated/α-hetero) is 1. The average Bonchev–Trinajstić information content (AvgIpc) is 3.02. The molecule has 1 saturated carbocycles. The van der Waals surface area contributed by atoms with E-state index in [2.05, 4.69) is 10.6 Å². The fourth-order valence-electron chi connectivity index (χ4n) is 5.42. The Labute approximate surface area is 278 Å². The first-order valence-corrected chi connectivity index (χ1v) is 16.6. The maximum Gasteiger partial charge on any atom is 0.408 e. The van der Waals surface area contributed by atoms with Crippen molar-refractivity contribution < 1.29 is 38.2 Å². The van der Waals surface area contributed by atoms with Gasteiger partial charge >= 0.3 is 18.0 Å². The van der Waals surface area contributed by atoms with Crippen molar-refractivity contribution in [2.45, 2.75) is 116 Å². The Morgan fingerprint density at radius 3 is 1.96 bits per heavy atom. The highest BCUT2D eigenvalue weighted by Gasteiger charge is 2.34. The van der Waals surface area contributed by atoms with E-state index >= 15 is 0 Å². The van der Waals surface area contributed by atoms with Gasteiger partial charge in [-0.15, -0.1) is 0 Å². The van der Waals surface area contributed by atoms with Gasteiger partial charge in [0.05, 0.1) is 6.42 Å². The first kappa shape index (κ1) is 37.2. The molecule has 1 aliphatic rings. The number of ketones is 1. The van der Waals surface area contributed by atoms with Gasteiger partial charge in [0.25, 0.3) is 0 Å². The predicted molar refractivity (Wildman–Crippen MR) is 177 cm³/mol. The van der Waals surface area contributed by atoms with Gasteiger partial charge in [-0.2, -0.15) is 0 Å². The molecule has 0 radical (unpaired) electrons. The van der Waals surface area contributed by atoms with E-state index in [0.717, 1.165) is 43.2 Å². The van der Waals surface area contributed by atoms with Crippen molar-refractivity contribution >= 4 is 29.7 Å². The highest BCUT2D eigenvalue weighted by molar-refractivity contribution is 5.95. The van der Waals surface area contributed by atoms with Gasteiger partial charge in [0.1, 0.15) is 30.4 Å². The van der Waals surface area contributed by atoms with Gasteiger partial charge in [-0.25, -0.2) is 9.59 Å². The molecule has 10 heteroatoms. The fraction of sp³-hybridized carbons (Fsp3) is 0.541. The average molecular weight is 651 g/mol. The van der Waals surface area contributed by atoms with E-state index in [1.54, 1.807) is 34.6 Å². The Bertz CT molecular complexity index is 1320. The summed E-state index contributed by atoms with van der Waals surface area (Å²) in [5, 5.41) is 5.36. The molecule has 0 saturated heterocycles. The molecule has 1 aliphatic carbocycles. The maximum atomic E-state index is 13.7. The van der Waals surface area contributed by atoms with E-state index in [1.807, 2.05) is 60.7 Å². The molecule has 2 unspecified atom stereocenters. The SMILES string of the molecule is CC(C)C(CC(=O)C(CC(=O)OC1CCCCC1)NC(=O)OC(C)(C)C)C(=O)N[C@@H](Cc1ccccc1)C(=O)OCc1ccccc1. The van der Waals surface area contributed by atoms with Crippen LogP contribution in [0.15, 0.2) is 60.7 Å². The standard InChI is InChI=1S/C37H50N2O8/c1-25(2)29(22-32(40)30(39-36(44)47-37(3,4)5)23-33(41)46-28-19-13-8-14-20-28)34(42)38-31(21-26-15-9-6-10-16-26)35(43)45-24-27-17-11-7-12-18-27/h6-7,9-12,15-18,25,28-31H,8,13-14,19-24H2,1-5H3,(H,38,42)(H,39,44)/t29?,30?,31-/m0/s1. The quantitative estimate of drug-likeness (QED) is 0.181. The van der Waals surface area contributed by atoms with Crippen molar-refractivity contribution in [1.29, 1.82) is 0 Å². The third-order valence-electron chi connectivity index (χ3n) is 7.97. The van der Waals surface area contributed by atoms with Crippen LogP contribution in [0.4, 0.5) is 4.79 Å². The van der Waals surface area contributed by atoms with E-state index in [1.165, 1.54) is 0 Å². The van der Waals surface area contributed by atoms with E-state index in [4.69, 9.17) is 14.2 Å². The summed E-state index contributed by atoms with van der Waals surface area (Å²) >= 11 is 0. The van der Waals surface area contributed by atoms with Gasteiger partial charge in [0.15, 0.2) is 5.78 Å². The second kappa shape index (κ2) is 18.2. The molecule has 0 bridgehead atoms. The van der Waals surface area contributed by atoms with Crippen LogP contribution < -0.4 is 10.6 Å². The van der Waals surface area contributed by atoms with Crippen LogP contribution in [-0.2, 0) is 46.4 Å². The lowest BCUT2D eigenvalue weighted by molar-refractivity contribution is -0.152. The number of hydrogen-bond acceptors (Lipinski definition) is 8. The number of benzene rings is 2. The number of hydrogen-bond donors (Lipinski definition) is 2. The first-order valence-electron chi connectivity index (χ1n) is 16.6. The number of rotatable bonds is 15. The highest BCUT2D eigenvalue weighted by Crippen LogP contribution is 2.23. The van der Waals surface area contributed by atoms with Crippen molar-refractivity contribution in [3.05, 3.63) is 71.8 Å². The number of carbonyl (C=O) groups is 5. The smallest absolute Gasteiger partial charge is 0.408 e. The van der Waals surface area contributed by atoms with E-state index < -0.39 is 53.3 Å². The van der Waals surface area contributed by atoms with Crippen molar-refractivity contribution in [2.24, 2.45) is 11.8 Å². The maximum absolute atomic E-state index is 13.7. The van der Waals surface area contributed by atoms with Gasteiger partial charge in [-0.3, -0.25) is 14.4 Å². The molecule has 2 amide bonds. The Balaban J connectivity index is 1.74. The number of alkyl carbamates (subject to hydrolysis) is 1. The van der Waals surface area contributed by atoms with Crippen molar-refractivity contribution in [2.75, 3.05) is 0 Å². The monoisotopic (exact) mass is 650 g/mol. The van der Waals surface area contributed by atoms with Crippen LogP contribution in [0.25, 0.3) is 0 Å². The van der Waals surface area contributed by atoms with Crippen molar-refractivity contribution in [3.8, 4) is 0 Å². The zero-order chi connectivity index (χ0) is 34.4. The Hall–Kier alpha value is -4.21. The van der Waals surface area contributed by atoms with Crippen LogP contribution in [-0.4, -0.2) is 53.5 Å². The molecule has 3 rings (SSSR count). The van der Waals surface area contributed by atoms with Crippen LogP contribution in [0.3, 0.4) is 0 Å². The number of carbonyl (C=O) groups excluding carboxylic acids is 5. The van der Waals surface area contributed by atoms with Crippen LogP contribution >= 0.6 is 0 Å². The number of esters is 2. The second-order valence-electron chi connectivity index (χ2n) is 13.5. The lowest BCUT2D eigenvalue weighted by Gasteiger charge is -2.27. The van der Waals surface area contributed by atoms with Gasteiger partial charge < -0.3 is 24.8 Å². The van der Waals surface area contributed by atoms with Gasteiger partial charge in [-0.1, -0.05) is 80.9 Å². The molecule has 10 nitrogen and oxygen atoms in total. The Morgan fingerprint density at radius 2 is 1.38 bits per heavy atom. The highest BCUT2D eigenvalue weighted by atomic mass is 16.6. The molecule has 2 aromatic carbocycles. The summed E-state index contributed by atoms with van der Waals surface area (Å²) in [6, 6.07) is 16.2. The lowest BCUT2D eigenvalue weighted by atomic mass is 9.87. The number of nitrogens with one attached hydrogen (secondary N) is 2. The summed E-state index contributed by atoms with van der Waals surface area (Å²) in [4.78, 5) is 66.3. The minimum absolute atomic E-state index is 0.0436. The van der Waals surface area contributed by atoms with Gasteiger partial charge in [0.2, 0.25) is 5.91 Å². The third-order valence-corrected chi connectivity index (χ3v) is 7.97. The lowest BCUT2D eigenvalue weighted by Crippen LogP contribution is -2.49. The molecule has 2 aromatic rings. The molecule has 47 heavy (non-hydrogen) atoms. The molecule has 256 valence electrons. The molecule has 0 heterocycles. The second-order valence-corrected chi connectivity index (χ2v) is 13.5. The van der Waals surface area contributed by atoms with E-state index in [-0.39, 0.29) is 37.9 Å². The summed E-state index contributed by atoms with van der Waals surface area (Å²) < 4.78 is 16.6. The van der Waals surface area contributed by atoms with Crippen LogP contribution in [0.1, 0.15) is 90.7 Å². The molecule has 0 aromatic heterocycles. The summed E-state index contributed by atoms with van der Waals surface area (Å²) in [6.07, 6.45) is 3.00. The van der Waals surface area contributed by atoms with Crippen LogP contribution in [0.2, 0.25) is 0 Å². The first-order chi connectivity index (χ1) is 22.3. The van der Waals surface area contributed by atoms with E-state index in [9.17, 15) is 24.0 Å². The minimum atomic E-state index is -1.26. The third kappa shape index (κ3) is 13.6. The molecule has 0 spiro atoms. The van der Waals surface area contributed by atoms with Crippen LogP contribution in [0.5, 0.6) is 0 Å². The molecule has 2 N–H and O–H groups in total.